The minimum atomic E-state index is 0.573. The van der Waals surface area contributed by atoms with E-state index in [4.69, 9.17) is 0 Å². The quantitative estimate of drug-likeness (QED) is 0.732. The van der Waals surface area contributed by atoms with E-state index in [-0.39, 0.29) is 0 Å². The molecule has 0 bridgehead atoms. The van der Waals surface area contributed by atoms with Crippen LogP contribution < -0.4 is 10.6 Å². The average Bonchev–Trinajstić information content (AvgIpc) is 2.02. The van der Waals surface area contributed by atoms with E-state index in [0.717, 1.165) is 19.0 Å². The van der Waals surface area contributed by atoms with Crippen molar-refractivity contribution in [2.24, 2.45) is 5.92 Å². The molecular weight excluding hydrogens is 160 g/mol. The number of rotatable bonds is 3. The van der Waals surface area contributed by atoms with E-state index in [9.17, 15) is 0 Å². The first kappa shape index (κ1) is 8.57. The molecule has 1 atom stereocenters. The fraction of sp³-hybridized carbons (Fsp3) is 0.455. The lowest BCUT2D eigenvalue weighted by Gasteiger charge is -2.33. The Hall–Kier alpha value is -1.02. The molecule has 0 amide bonds. The summed E-state index contributed by atoms with van der Waals surface area (Å²) in [5.74, 6) is 0.792. The van der Waals surface area contributed by atoms with Crippen molar-refractivity contribution in [3.8, 4) is 0 Å². The second kappa shape index (κ2) is 3.79. The van der Waals surface area contributed by atoms with Crippen LogP contribution in [0.15, 0.2) is 30.3 Å². The topological polar surface area (TPSA) is 24.1 Å². The first-order valence-electron chi connectivity index (χ1n) is 4.88. The van der Waals surface area contributed by atoms with Crippen molar-refractivity contribution in [2.45, 2.75) is 13.0 Å². The third kappa shape index (κ3) is 2.01. The fourth-order valence-corrected chi connectivity index (χ4v) is 1.58. The van der Waals surface area contributed by atoms with Crippen molar-refractivity contribution in [2.75, 3.05) is 18.4 Å². The molecule has 1 aliphatic heterocycles. The van der Waals surface area contributed by atoms with Crippen LogP contribution in [-0.4, -0.2) is 19.1 Å². The molecule has 1 fully saturated rings. The maximum atomic E-state index is 3.50. The highest BCUT2D eigenvalue weighted by Gasteiger charge is 2.22. The van der Waals surface area contributed by atoms with Gasteiger partial charge in [-0.1, -0.05) is 18.2 Å². The molecule has 0 saturated carbocycles. The summed E-state index contributed by atoms with van der Waals surface area (Å²) in [4.78, 5) is 0. The number of nitrogens with one attached hydrogen (secondary N) is 2. The summed E-state index contributed by atoms with van der Waals surface area (Å²) in [6.07, 6.45) is 0. The van der Waals surface area contributed by atoms with Gasteiger partial charge in [-0.15, -0.1) is 0 Å². The lowest BCUT2D eigenvalue weighted by atomic mass is 9.95. The fourth-order valence-electron chi connectivity index (χ4n) is 1.58. The predicted octanol–water partition coefficient (Wildman–Crippen LogP) is 1.71. The standard InChI is InChI=1S/C11H16N2/c1-9(10-7-12-8-10)13-11-5-3-2-4-6-11/h2-6,9-10,12-13H,7-8H2,1H3. The maximum Gasteiger partial charge on any atom is 0.0342 e. The highest BCUT2D eigenvalue weighted by molar-refractivity contribution is 5.43. The summed E-state index contributed by atoms with van der Waals surface area (Å²) in [7, 11) is 0. The highest BCUT2D eigenvalue weighted by atomic mass is 15.0. The summed E-state index contributed by atoms with van der Waals surface area (Å²) < 4.78 is 0. The maximum absolute atomic E-state index is 3.50. The van der Waals surface area contributed by atoms with Crippen LogP contribution in [0.2, 0.25) is 0 Å². The van der Waals surface area contributed by atoms with Crippen LogP contribution in [0, 0.1) is 5.92 Å². The third-order valence-corrected chi connectivity index (χ3v) is 2.69. The Morgan fingerprint density at radius 3 is 2.54 bits per heavy atom. The van der Waals surface area contributed by atoms with E-state index in [1.807, 2.05) is 6.07 Å². The van der Waals surface area contributed by atoms with Gasteiger partial charge in [0.2, 0.25) is 0 Å². The van der Waals surface area contributed by atoms with Gasteiger partial charge in [0.15, 0.2) is 0 Å². The number of anilines is 1. The van der Waals surface area contributed by atoms with Crippen LogP contribution in [0.5, 0.6) is 0 Å². The van der Waals surface area contributed by atoms with Gasteiger partial charge in [0.25, 0.3) is 0 Å². The van der Waals surface area contributed by atoms with Gasteiger partial charge in [-0.05, 0) is 19.1 Å². The summed E-state index contributed by atoms with van der Waals surface area (Å²) in [5, 5.41) is 6.79. The second-order valence-corrected chi connectivity index (χ2v) is 3.72. The van der Waals surface area contributed by atoms with E-state index >= 15 is 0 Å². The number of hydrogen-bond acceptors (Lipinski definition) is 2. The van der Waals surface area contributed by atoms with E-state index < -0.39 is 0 Å². The monoisotopic (exact) mass is 176 g/mol. The zero-order valence-electron chi connectivity index (χ0n) is 7.96. The van der Waals surface area contributed by atoms with Crippen LogP contribution >= 0.6 is 0 Å². The average molecular weight is 176 g/mol. The zero-order valence-corrected chi connectivity index (χ0v) is 7.96. The molecule has 13 heavy (non-hydrogen) atoms. The Balaban J connectivity index is 1.90. The minimum Gasteiger partial charge on any atom is -0.382 e. The molecule has 1 saturated heterocycles. The van der Waals surface area contributed by atoms with Crippen LogP contribution in [-0.2, 0) is 0 Å². The number of benzene rings is 1. The SMILES string of the molecule is CC(Nc1ccccc1)C1CNC1. The van der Waals surface area contributed by atoms with Gasteiger partial charge >= 0.3 is 0 Å². The van der Waals surface area contributed by atoms with Crippen molar-refractivity contribution >= 4 is 5.69 Å². The molecule has 2 rings (SSSR count). The molecule has 1 aromatic rings. The van der Waals surface area contributed by atoms with Gasteiger partial charge in [-0.3, -0.25) is 0 Å². The predicted molar refractivity (Wildman–Crippen MR) is 55.9 cm³/mol. The van der Waals surface area contributed by atoms with Gasteiger partial charge < -0.3 is 10.6 Å². The summed E-state index contributed by atoms with van der Waals surface area (Å²) in [6, 6.07) is 11.0. The van der Waals surface area contributed by atoms with Crippen LogP contribution in [0.3, 0.4) is 0 Å². The van der Waals surface area contributed by atoms with Gasteiger partial charge in [0.05, 0.1) is 0 Å². The van der Waals surface area contributed by atoms with Crippen LogP contribution in [0.25, 0.3) is 0 Å². The molecule has 2 nitrogen and oxygen atoms in total. The zero-order chi connectivity index (χ0) is 9.10. The molecule has 1 aliphatic rings. The molecule has 2 N–H and O–H groups in total. The first-order valence-corrected chi connectivity index (χ1v) is 4.88. The Labute approximate surface area is 79.4 Å². The Morgan fingerprint density at radius 2 is 2.00 bits per heavy atom. The summed E-state index contributed by atoms with van der Waals surface area (Å²) >= 11 is 0. The Kier molecular flexibility index (Phi) is 2.50. The first-order chi connectivity index (χ1) is 6.36. The molecule has 0 radical (unpaired) electrons. The van der Waals surface area contributed by atoms with Crippen molar-refractivity contribution in [1.82, 2.24) is 5.32 Å². The minimum absolute atomic E-state index is 0.573. The molecule has 2 heteroatoms. The Bertz CT molecular complexity index is 254. The molecule has 1 heterocycles. The molecule has 70 valence electrons. The van der Waals surface area contributed by atoms with Crippen molar-refractivity contribution in [3.63, 3.8) is 0 Å². The third-order valence-electron chi connectivity index (χ3n) is 2.69. The lowest BCUT2D eigenvalue weighted by molar-refractivity contribution is 0.316. The van der Waals surface area contributed by atoms with Gasteiger partial charge in [0.1, 0.15) is 0 Å². The highest BCUT2D eigenvalue weighted by Crippen LogP contribution is 2.14. The van der Waals surface area contributed by atoms with Crippen molar-refractivity contribution in [3.05, 3.63) is 30.3 Å². The molecule has 0 aromatic heterocycles. The van der Waals surface area contributed by atoms with Crippen LogP contribution in [0.1, 0.15) is 6.92 Å². The normalized spacial score (nSPS) is 19.2. The number of hydrogen-bond donors (Lipinski definition) is 2. The van der Waals surface area contributed by atoms with E-state index in [1.165, 1.54) is 5.69 Å². The van der Waals surface area contributed by atoms with Gasteiger partial charge in [0, 0.05) is 30.7 Å². The lowest BCUT2D eigenvalue weighted by Crippen LogP contribution is -2.49. The van der Waals surface area contributed by atoms with Gasteiger partial charge in [-0.2, -0.15) is 0 Å². The summed E-state index contributed by atoms with van der Waals surface area (Å²) in [5.41, 5.74) is 1.22. The number of para-hydroxylation sites is 1. The molecule has 0 aliphatic carbocycles. The Morgan fingerprint density at radius 1 is 1.31 bits per heavy atom. The van der Waals surface area contributed by atoms with E-state index in [1.54, 1.807) is 0 Å². The summed E-state index contributed by atoms with van der Waals surface area (Å²) in [6.45, 7) is 4.56. The largest absolute Gasteiger partial charge is 0.382 e. The smallest absolute Gasteiger partial charge is 0.0342 e. The molecule has 1 aromatic carbocycles. The van der Waals surface area contributed by atoms with Crippen molar-refractivity contribution in [1.29, 1.82) is 0 Å². The van der Waals surface area contributed by atoms with Crippen LogP contribution in [0.4, 0.5) is 5.69 Å². The van der Waals surface area contributed by atoms with E-state index in [0.29, 0.717) is 6.04 Å². The van der Waals surface area contributed by atoms with E-state index in [2.05, 4.69) is 41.8 Å². The molecule has 1 unspecified atom stereocenters. The molecule has 0 spiro atoms. The van der Waals surface area contributed by atoms with Gasteiger partial charge in [-0.25, -0.2) is 0 Å². The van der Waals surface area contributed by atoms with Crippen molar-refractivity contribution < 1.29 is 0 Å². The molecular formula is C11H16N2. The second-order valence-electron chi connectivity index (χ2n) is 3.72.